The van der Waals surface area contributed by atoms with Gasteiger partial charge >= 0.3 is 0 Å². The molecule has 0 bridgehead atoms. The Morgan fingerprint density at radius 1 is 1.40 bits per heavy atom. The van der Waals surface area contributed by atoms with Crippen LogP contribution in [0.3, 0.4) is 0 Å². The highest BCUT2D eigenvalue weighted by Crippen LogP contribution is 2.30. The summed E-state index contributed by atoms with van der Waals surface area (Å²) in [6, 6.07) is 7.09. The molecule has 0 heterocycles. The van der Waals surface area contributed by atoms with Gasteiger partial charge in [0, 0.05) is 19.3 Å². The third-order valence-electron chi connectivity index (χ3n) is 2.86. The number of nitrogens with zero attached hydrogens (tertiary/aromatic N) is 2. The first-order chi connectivity index (χ1) is 9.27. The largest absolute Gasteiger partial charge is 0.396 e. The van der Waals surface area contributed by atoms with Crippen LogP contribution in [0.1, 0.15) is 20.3 Å². The Morgan fingerprint density at radius 2 is 2.05 bits per heavy atom. The van der Waals surface area contributed by atoms with Crippen LogP contribution >= 0.6 is 0 Å². The van der Waals surface area contributed by atoms with Crippen LogP contribution in [0.5, 0.6) is 0 Å². The van der Waals surface area contributed by atoms with Crippen LogP contribution in [-0.4, -0.2) is 27.8 Å². The predicted molar refractivity (Wildman–Crippen MR) is 81.2 cm³/mol. The lowest BCUT2D eigenvalue weighted by molar-refractivity contribution is 0.601. The number of sulfone groups is 1. The maximum atomic E-state index is 11.7. The normalized spacial score (nSPS) is 11.3. The van der Waals surface area contributed by atoms with Gasteiger partial charge in [-0.2, -0.15) is 5.26 Å². The standard InChI is InChI=1S/C14H21N3O2S/c1-11(2)10-17(9-5-8-15)12-6-4-7-13(14(12)16)20(3,18)19/h4,6-7,11H,5,9-10,16H2,1-3H3. The first-order valence-electron chi connectivity index (χ1n) is 6.47. The van der Waals surface area contributed by atoms with Crippen LogP contribution in [0.4, 0.5) is 11.4 Å². The molecule has 0 aliphatic rings. The van der Waals surface area contributed by atoms with Crippen LogP contribution in [0.2, 0.25) is 0 Å². The van der Waals surface area contributed by atoms with E-state index in [1.165, 1.54) is 6.07 Å². The summed E-state index contributed by atoms with van der Waals surface area (Å²) in [6.07, 6.45) is 1.51. The summed E-state index contributed by atoms with van der Waals surface area (Å²) >= 11 is 0. The lowest BCUT2D eigenvalue weighted by Gasteiger charge is -2.27. The summed E-state index contributed by atoms with van der Waals surface area (Å²) in [5, 5.41) is 8.75. The molecule has 0 saturated heterocycles. The van der Waals surface area contributed by atoms with Gasteiger partial charge in [-0.05, 0) is 18.1 Å². The molecule has 20 heavy (non-hydrogen) atoms. The van der Waals surface area contributed by atoms with E-state index in [9.17, 15) is 8.42 Å². The highest BCUT2D eigenvalue weighted by atomic mass is 32.2. The van der Waals surface area contributed by atoms with Gasteiger partial charge in [-0.3, -0.25) is 0 Å². The topological polar surface area (TPSA) is 87.2 Å². The van der Waals surface area contributed by atoms with Gasteiger partial charge in [-0.15, -0.1) is 0 Å². The predicted octanol–water partition coefficient (Wildman–Crippen LogP) is 2.05. The van der Waals surface area contributed by atoms with Crippen molar-refractivity contribution in [2.75, 3.05) is 30.0 Å². The fourth-order valence-electron chi connectivity index (χ4n) is 2.07. The molecule has 0 radical (unpaired) electrons. The average molecular weight is 295 g/mol. The molecule has 2 N–H and O–H groups in total. The smallest absolute Gasteiger partial charge is 0.177 e. The van der Waals surface area contributed by atoms with E-state index in [4.69, 9.17) is 11.0 Å². The Bertz CT molecular complexity index is 603. The molecule has 0 saturated carbocycles. The van der Waals surface area contributed by atoms with Crippen molar-refractivity contribution in [3.8, 4) is 6.07 Å². The van der Waals surface area contributed by atoms with Crippen molar-refractivity contribution in [2.24, 2.45) is 5.92 Å². The van der Waals surface area contributed by atoms with Crippen molar-refractivity contribution in [1.29, 1.82) is 5.26 Å². The first kappa shape index (κ1) is 16.3. The highest BCUT2D eigenvalue weighted by Gasteiger charge is 2.18. The van der Waals surface area contributed by atoms with Gasteiger partial charge in [0.15, 0.2) is 9.84 Å². The fraction of sp³-hybridized carbons (Fsp3) is 0.500. The summed E-state index contributed by atoms with van der Waals surface area (Å²) in [5.41, 5.74) is 6.95. The summed E-state index contributed by atoms with van der Waals surface area (Å²) < 4.78 is 23.4. The van der Waals surface area contributed by atoms with Crippen molar-refractivity contribution in [3.05, 3.63) is 18.2 Å². The van der Waals surface area contributed by atoms with E-state index < -0.39 is 9.84 Å². The Hall–Kier alpha value is -1.74. The van der Waals surface area contributed by atoms with E-state index >= 15 is 0 Å². The van der Waals surface area contributed by atoms with Gasteiger partial charge in [-0.1, -0.05) is 19.9 Å². The molecule has 0 fully saturated rings. The molecule has 1 aromatic carbocycles. The molecule has 1 aromatic rings. The molecular formula is C14H21N3O2S. The fourth-order valence-corrected chi connectivity index (χ4v) is 2.90. The lowest BCUT2D eigenvalue weighted by Crippen LogP contribution is -2.29. The molecule has 110 valence electrons. The summed E-state index contributed by atoms with van der Waals surface area (Å²) in [4.78, 5) is 2.11. The van der Waals surface area contributed by atoms with E-state index in [2.05, 4.69) is 19.9 Å². The third kappa shape index (κ3) is 4.14. The van der Waals surface area contributed by atoms with Crippen LogP contribution in [0.15, 0.2) is 23.1 Å². The maximum absolute atomic E-state index is 11.7. The van der Waals surface area contributed by atoms with Gasteiger partial charge in [0.25, 0.3) is 0 Å². The number of benzene rings is 1. The second kappa shape index (κ2) is 6.62. The number of nitrogens with two attached hydrogens (primary N) is 1. The number of nitriles is 1. The summed E-state index contributed by atoms with van der Waals surface area (Å²) in [5.74, 6) is 0.384. The zero-order valence-electron chi connectivity index (χ0n) is 12.1. The molecule has 0 spiro atoms. The van der Waals surface area contributed by atoms with E-state index in [0.29, 0.717) is 24.6 Å². The number of rotatable bonds is 6. The Balaban J connectivity index is 3.23. The molecule has 0 amide bonds. The minimum Gasteiger partial charge on any atom is -0.396 e. The second-order valence-electron chi connectivity index (χ2n) is 5.21. The SMILES string of the molecule is CC(C)CN(CCC#N)c1cccc(S(C)(=O)=O)c1N. The molecule has 0 aromatic heterocycles. The minimum absolute atomic E-state index is 0.140. The van der Waals surface area contributed by atoms with Gasteiger partial charge in [0.1, 0.15) is 0 Å². The highest BCUT2D eigenvalue weighted by molar-refractivity contribution is 7.90. The Morgan fingerprint density at radius 3 is 2.55 bits per heavy atom. The number of hydrogen-bond donors (Lipinski definition) is 1. The maximum Gasteiger partial charge on any atom is 0.177 e. The summed E-state index contributed by atoms with van der Waals surface area (Å²) in [7, 11) is -3.36. The second-order valence-corrected chi connectivity index (χ2v) is 7.19. The van der Waals surface area contributed by atoms with Crippen molar-refractivity contribution < 1.29 is 8.42 Å². The molecule has 0 unspecified atom stereocenters. The van der Waals surface area contributed by atoms with Gasteiger partial charge in [-0.25, -0.2) is 8.42 Å². The van der Waals surface area contributed by atoms with Crippen LogP contribution in [-0.2, 0) is 9.84 Å². The third-order valence-corrected chi connectivity index (χ3v) is 4.02. The molecule has 5 nitrogen and oxygen atoms in total. The van der Waals surface area contributed by atoms with Crippen LogP contribution in [0.25, 0.3) is 0 Å². The van der Waals surface area contributed by atoms with E-state index in [-0.39, 0.29) is 10.6 Å². The number of anilines is 2. The monoisotopic (exact) mass is 295 g/mol. The van der Waals surface area contributed by atoms with Gasteiger partial charge in [0.05, 0.1) is 28.8 Å². The van der Waals surface area contributed by atoms with Gasteiger partial charge < -0.3 is 10.6 Å². The summed E-state index contributed by atoms with van der Waals surface area (Å²) in [6.45, 7) is 5.39. The van der Waals surface area contributed by atoms with Crippen molar-refractivity contribution >= 4 is 21.2 Å². The van der Waals surface area contributed by atoms with Crippen molar-refractivity contribution in [2.45, 2.75) is 25.2 Å². The molecule has 6 heteroatoms. The molecule has 0 atom stereocenters. The molecule has 0 aliphatic carbocycles. The number of hydrogen-bond acceptors (Lipinski definition) is 5. The van der Waals surface area contributed by atoms with Crippen LogP contribution < -0.4 is 10.6 Å². The quantitative estimate of drug-likeness (QED) is 0.812. The zero-order chi connectivity index (χ0) is 15.3. The Labute approximate surface area is 120 Å². The molecular weight excluding hydrogens is 274 g/mol. The van der Waals surface area contributed by atoms with Crippen molar-refractivity contribution in [1.82, 2.24) is 0 Å². The van der Waals surface area contributed by atoms with Crippen molar-refractivity contribution in [3.63, 3.8) is 0 Å². The lowest BCUT2D eigenvalue weighted by atomic mass is 10.1. The minimum atomic E-state index is -3.36. The number of para-hydroxylation sites is 1. The number of nitrogen functional groups attached to an aromatic ring is 1. The van der Waals surface area contributed by atoms with E-state index in [1.54, 1.807) is 12.1 Å². The first-order valence-corrected chi connectivity index (χ1v) is 8.37. The van der Waals surface area contributed by atoms with Gasteiger partial charge in [0.2, 0.25) is 0 Å². The Kier molecular flexibility index (Phi) is 5.40. The van der Waals surface area contributed by atoms with Crippen LogP contribution in [0, 0.1) is 17.2 Å². The van der Waals surface area contributed by atoms with E-state index in [0.717, 1.165) is 12.8 Å². The molecule has 1 rings (SSSR count). The molecule has 0 aliphatic heterocycles. The zero-order valence-corrected chi connectivity index (χ0v) is 12.9. The average Bonchev–Trinajstić information content (AvgIpc) is 2.33. The van der Waals surface area contributed by atoms with E-state index in [1.807, 2.05) is 4.90 Å².